The molecule has 0 atom stereocenters. The molecule has 2 aromatic rings. The maximum absolute atomic E-state index is 12.0. The molecule has 0 radical (unpaired) electrons. The van der Waals surface area contributed by atoms with Crippen molar-refractivity contribution in [3.63, 3.8) is 0 Å². The highest BCUT2D eigenvalue weighted by Gasteiger charge is 2.04. The minimum atomic E-state index is -0.225. The fraction of sp³-hybridized carbons (Fsp3) is 0.211. The summed E-state index contributed by atoms with van der Waals surface area (Å²) in [5.41, 5.74) is 1.52. The Morgan fingerprint density at radius 3 is 2.62 bits per heavy atom. The number of hydrogen-bond donors (Lipinski definition) is 1. The van der Waals surface area contributed by atoms with Gasteiger partial charge in [-0.2, -0.15) is 0 Å². The summed E-state index contributed by atoms with van der Waals surface area (Å²) in [7, 11) is 3.18. The van der Waals surface area contributed by atoms with Gasteiger partial charge in [-0.15, -0.1) is 0 Å². The van der Waals surface area contributed by atoms with E-state index in [9.17, 15) is 4.79 Å². The quantitative estimate of drug-likeness (QED) is 0.787. The van der Waals surface area contributed by atoms with Gasteiger partial charge in [-0.05, 0) is 42.8 Å². The standard InChI is InChI=1S/C19H21NO4/c1-4-24-18-12-14(8-10-17(18)23-3)9-11-19(21)20-15-6-5-7-16(13-15)22-2/h5-13H,4H2,1-3H3,(H,20,21)/b11-9+. The van der Waals surface area contributed by atoms with Gasteiger partial charge in [0.1, 0.15) is 5.75 Å². The molecule has 0 heterocycles. The van der Waals surface area contributed by atoms with Gasteiger partial charge in [-0.3, -0.25) is 4.79 Å². The molecule has 0 saturated carbocycles. The van der Waals surface area contributed by atoms with E-state index in [4.69, 9.17) is 14.2 Å². The summed E-state index contributed by atoms with van der Waals surface area (Å²) in [6, 6.07) is 12.7. The van der Waals surface area contributed by atoms with Crippen LogP contribution in [-0.4, -0.2) is 26.7 Å². The monoisotopic (exact) mass is 327 g/mol. The van der Waals surface area contributed by atoms with Crippen molar-refractivity contribution in [2.75, 3.05) is 26.1 Å². The average Bonchev–Trinajstić information content (AvgIpc) is 2.60. The minimum absolute atomic E-state index is 0.225. The summed E-state index contributed by atoms with van der Waals surface area (Å²) in [6.45, 7) is 2.45. The molecule has 1 amide bonds. The molecule has 0 spiro atoms. The van der Waals surface area contributed by atoms with Crippen LogP contribution in [0, 0.1) is 0 Å². The molecule has 5 nitrogen and oxygen atoms in total. The second kappa shape index (κ2) is 8.62. The van der Waals surface area contributed by atoms with Crippen molar-refractivity contribution in [2.24, 2.45) is 0 Å². The fourth-order valence-corrected chi connectivity index (χ4v) is 2.12. The van der Waals surface area contributed by atoms with Crippen molar-refractivity contribution in [3.05, 3.63) is 54.1 Å². The first-order chi connectivity index (χ1) is 11.7. The van der Waals surface area contributed by atoms with Crippen molar-refractivity contribution >= 4 is 17.7 Å². The number of amides is 1. The Kier molecular flexibility index (Phi) is 6.25. The average molecular weight is 327 g/mol. The first-order valence-corrected chi connectivity index (χ1v) is 7.60. The van der Waals surface area contributed by atoms with Gasteiger partial charge in [0.2, 0.25) is 5.91 Å². The number of anilines is 1. The van der Waals surface area contributed by atoms with E-state index in [1.54, 1.807) is 32.4 Å². The van der Waals surface area contributed by atoms with Crippen molar-refractivity contribution < 1.29 is 19.0 Å². The Labute approximate surface area is 141 Å². The van der Waals surface area contributed by atoms with Crippen molar-refractivity contribution in [1.82, 2.24) is 0 Å². The Morgan fingerprint density at radius 2 is 1.92 bits per heavy atom. The molecule has 0 aromatic heterocycles. The number of hydrogen-bond acceptors (Lipinski definition) is 4. The summed E-state index contributed by atoms with van der Waals surface area (Å²) in [4.78, 5) is 12.0. The molecular formula is C19H21NO4. The van der Waals surface area contributed by atoms with Crippen LogP contribution in [0.15, 0.2) is 48.5 Å². The third-order valence-electron chi connectivity index (χ3n) is 3.25. The normalized spacial score (nSPS) is 10.5. The van der Waals surface area contributed by atoms with E-state index in [2.05, 4.69) is 5.32 Å². The lowest BCUT2D eigenvalue weighted by atomic mass is 10.2. The van der Waals surface area contributed by atoms with Crippen molar-refractivity contribution in [3.8, 4) is 17.2 Å². The van der Waals surface area contributed by atoms with Crippen LogP contribution in [0.1, 0.15) is 12.5 Å². The fourth-order valence-electron chi connectivity index (χ4n) is 2.12. The molecule has 0 fully saturated rings. The van der Waals surface area contributed by atoms with Crippen LogP contribution in [-0.2, 0) is 4.79 Å². The van der Waals surface area contributed by atoms with Gasteiger partial charge >= 0.3 is 0 Å². The first-order valence-electron chi connectivity index (χ1n) is 7.60. The van der Waals surface area contributed by atoms with Crippen molar-refractivity contribution in [2.45, 2.75) is 6.92 Å². The predicted octanol–water partition coefficient (Wildman–Crippen LogP) is 3.75. The first kappa shape index (κ1) is 17.4. The van der Waals surface area contributed by atoms with E-state index >= 15 is 0 Å². The topological polar surface area (TPSA) is 56.8 Å². The van der Waals surface area contributed by atoms with Gasteiger partial charge in [-0.1, -0.05) is 12.1 Å². The highest BCUT2D eigenvalue weighted by molar-refractivity contribution is 6.02. The maximum atomic E-state index is 12.0. The summed E-state index contributed by atoms with van der Waals surface area (Å²) in [5, 5.41) is 2.79. The summed E-state index contributed by atoms with van der Waals surface area (Å²) >= 11 is 0. The van der Waals surface area contributed by atoms with Crippen LogP contribution < -0.4 is 19.5 Å². The Bertz CT molecular complexity index is 725. The van der Waals surface area contributed by atoms with E-state index < -0.39 is 0 Å². The van der Waals surface area contributed by atoms with Crippen LogP contribution in [0.3, 0.4) is 0 Å². The van der Waals surface area contributed by atoms with E-state index in [-0.39, 0.29) is 5.91 Å². The highest BCUT2D eigenvalue weighted by Crippen LogP contribution is 2.28. The number of nitrogens with one attached hydrogen (secondary N) is 1. The maximum Gasteiger partial charge on any atom is 0.248 e. The molecule has 0 saturated heterocycles. The molecule has 0 aliphatic carbocycles. The van der Waals surface area contributed by atoms with E-state index in [0.29, 0.717) is 29.5 Å². The largest absolute Gasteiger partial charge is 0.497 e. The molecule has 0 bridgehead atoms. The van der Waals surface area contributed by atoms with Gasteiger partial charge in [0.05, 0.1) is 20.8 Å². The number of ether oxygens (including phenoxy) is 3. The molecule has 2 aromatic carbocycles. The SMILES string of the molecule is CCOc1cc(/C=C/C(=O)Nc2cccc(OC)c2)ccc1OC. The number of rotatable bonds is 7. The third-order valence-corrected chi connectivity index (χ3v) is 3.25. The van der Waals surface area contributed by atoms with E-state index in [0.717, 1.165) is 5.56 Å². The van der Waals surface area contributed by atoms with Crippen LogP contribution in [0.2, 0.25) is 0 Å². The zero-order chi connectivity index (χ0) is 17.4. The van der Waals surface area contributed by atoms with Gasteiger partial charge in [0, 0.05) is 17.8 Å². The molecule has 5 heteroatoms. The Balaban J connectivity index is 2.06. The molecule has 1 N–H and O–H groups in total. The van der Waals surface area contributed by atoms with Crippen LogP contribution in [0.4, 0.5) is 5.69 Å². The molecule has 0 unspecified atom stereocenters. The number of methoxy groups -OCH3 is 2. The molecule has 0 aliphatic rings. The summed E-state index contributed by atoms with van der Waals surface area (Å²) in [6.07, 6.45) is 3.19. The molecule has 0 aliphatic heterocycles. The minimum Gasteiger partial charge on any atom is -0.497 e. The van der Waals surface area contributed by atoms with Crippen molar-refractivity contribution in [1.29, 1.82) is 0 Å². The lowest BCUT2D eigenvalue weighted by molar-refractivity contribution is -0.111. The van der Waals surface area contributed by atoms with E-state index in [1.165, 1.54) is 6.08 Å². The molecule has 126 valence electrons. The van der Waals surface area contributed by atoms with Gasteiger partial charge < -0.3 is 19.5 Å². The molecule has 24 heavy (non-hydrogen) atoms. The van der Waals surface area contributed by atoms with Gasteiger partial charge in [0.15, 0.2) is 11.5 Å². The van der Waals surface area contributed by atoms with Gasteiger partial charge in [0.25, 0.3) is 0 Å². The van der Waals surface area contributed by atoms with Crippen LogP contribution >= 0.6 is 0 Å². The second-order valence-electron chi connectivity index (χ2n) is 4.90. The van der Waals surface area contributed by atoms with Crippen LogP contribution in [0.5, 0.6) is 17.2 Å². The Morgan fingerprint density at radius 1 is 1.08 bits per heavy atom. The zero-order valence-corrected chi connectivity index (χ0v) is 14.0. The highest BCUT2D eigenvalue weighted by atomic mass is 16.5. The Hall–Kier alpha value is -2.95. The van der Waals surface area contributed by atoms with Gasteiger partial charge in [-0.25, -0.2) is 0 Å². The summed E-state index contributed by atoms with van der Waals surface area (Å²) in [5.74, 6) is 1.77. The predicted molar refractivity (Wildman–Crippen MR) is 94.8 cm³/mol. The van der Waals surface area contributed by atoms with E-state index in [1.807, 2.05) is 37.3 Å². The number of carbonyl (C=O) groups excluding carboxylic acids is 1. The third kappa shape index (κ3) is 4.78. The number of benzene rings is 2. The molecular weight excluding hydrogens is 306 g/mol. The smallest absolute Gasteiger partial charge is 0.248 e. The number of carbonyl (C=O) groups is 1. The lowest BCUT2D eigenvalue weighted by Crippen LogP contribution is -2.07. The second-order valence-corrected chi connectivity index (χ2v) is 4.90. The van der Waals surface area contributed by atoms with Crippen LogP contribution in [0.25, 0.3) is 6.08 Å². The zero-order valence-electron chi connectivity index (χ0n) is 14.0. The molecule has 2 rings (SSSR count). The lowest BCUT2D eigenvalue weighted by Gasteiger charge is -2.09. The summed E-state index contributed by atoms with van der Waals surface area (Å²) < 4.78 is 15.9.